The second kappa shape index (κ2) is 13.4. The fourth-order valence-corrected chi connectivity index (χ4v) is 6.29. The lowest BCUT2D eigenvalue weighted by atomic mass is 9.95. The number of imidazole rings is 1. The van der Waals surface area contributed by atoms with Gasteiger partial charge in [0.05, 0.1) is 29.5 Å². The van der Waals surface area contributed by atoms with Crippen molar-refractivity contribution in [3.63, 3.8) is 0 Å². The number of nitrogens with zero attached hydrogens (tertiary/aromatic N) is 4. The van der Waals surface area contributed by atoms with Gasteiger partial charge in [-0.05, 0) is 72.9 Å². The maximum Gasteiger partial charge on any atom is 0.270 e. The number of amides is 2. The van der Waals surface area contributed by atoms with Gasteiger partial charge in [-0.3, -0.25) is 14.0 Å². The van der Waals surface area contributed by atoms with Crippen LogP contribution in [0, 0.1) is 29.0 Å². The summed E-state index contributed by atoms with van der Waals surface area (Å²) in [5.41, 5.74) is 3.36. The zero-order valence-corrected chi connectivity index (χ0v) is 25.0. The summed E-state index contributed by atoms with van der Waals surface area (Å²) in [6, 6.07) is 11.3. The van der Waals surface area contributed by atoms with E-state index in [4.69, 9.17) is 4.98 Å². The number of anilines is 1. The number of rotatable bonds is 10. The zero-order valence-electron chi connectivity index (χ0n) is 24.2. The summed E-state index contributed by atoms with van der Waals surface area (Å²) in [6.45, 7) is 5.76. The molecule has 1 aliphatic heterocycles. The summed E-state index contributed by atoms with van der Waals surface area (Å²) in [7, 11) is 0. The molecule has 9 nitrogen and oxygen atoms in total. The number of nitriles is 1. The van der Waals surface area contributed by atoms with Gasteiger partial charge in [-0.15, -0.1) is 0 Å². The van der Waals surface area contributed by atoms with E-state index in [0.29, 0.717) is 54.2 Å². The Labute approximate surface area is 254 Å². The third-order valence-electron chi connectivity index (χ3n) is 7.80. The summed E-state index contributed by atoms with van der Waals surface area (Å²) < 4.78 is 15.2. The number of aromatic nitrogens is 2. The van der Waals surface area contributed by atoms with Crippen LogP contribution in [0.15, 0.2) is 53.4 Å². The number of nitrogens with one attached hydrogen (secondary N) is 2. The van der Waals surface area contributed by atoms with Crippen molar-refractivity contribution >= 4 is 34.5 Å². The standard InChI is InChI=1S/C32H35FN6O3S/c1-20(2)14-25(18-40)36-32(42)29-28(22-9-13-43-19-22)37-30-26(4-3-10-39(29)30)31(41)35-17-21-7-11-38(12-8-21)27-6-5-24(33)15-23(27)16-34/h3-6,9-10,13,15,19-21,25,40H,7-8,11-12,14,17-18H2,1-2H3,(H,35,41)(H,36,42)/t25-/m0/s1. The molecule has 0 unspecified atom stereocenters. The van der Waals surface area contributed by atoms with Crippen LogP contribution in [0.5, 0.6) is 0 Å². The largest absolute Gasteiger partial charge is 0.394 e. The van der Waals surface area contributed by atoms with Crippen molar-refractivity contribution in [2.45, 2.75) is 39.2 Å². The lowest BCUT2D eigenvalue weighted by Gasteiger charge is -2.34. The fraction of sp³-hybridized carbons (Fsp3) is 0.375. The Balaban J connectivity index is 1.32. The highest BCUT2D eigenvalue weighted by atomic mass is 32.1. The van der Waals surface area contributed by atoms with Gasteiger partial charge in [-0.25, -0.2) is 9.37 Å². The summed E-state index contributed by atoms with van der Waals surface area (Å²) >= 11 is 1.49. The molecular weight excluding hydrogens is 567 g/mol. The number of benzene rings is 1. The molecule has 43 heavy (non-hydrogen) atoms. The highest BCUT2D eigenvalue weighted by molar-refractivity contribution is 7.08. The molecule has 3 N–H and O–H groups in total. The third-order valence-corrected chi connectivity index (χ3v) is 8.48. The van der Waals surface area contributed by atoms with Gasteiger partial charge in [0, 0.05) is 36.8 Å². The summed E-state index contributed by atoms with van der Waals surface area (Å²) in [6.07, 6.45) is 3.97. The van der Waals surface area contributed by atoms with Crippen molar-refractivity contribution in [3.05, 3.63) is 76.0 Å². The summed E-state index contributed by atoms with van der Waals surface area (Å²) in [4.78, 5) is 33.9. The number of thiophene rings is 1. The Morgan fingerprint density at radius 1 is 1.21 bits per heavy atom. The van der Waals surface area contributed by atoms with Gasteiger partial charge in [0.25, 0.3) is 11.8 Å². The molecule has 0 bridgehead atoms. The predicted octanol–water partition coefficient (Wildman–Crippen LogP) is 4.86. The lowest BCUT2D eigenvalue weighted by Crippen LogP contribution is -2.39. The van der Waals surface area contributed by atoms with Gasteiger partial charge in [-0.1, -0.05) is 13.8 Å². The number of fused-ring (bicyclic) bond motifs is 1. The van der Waals surface area contributed by atoms with Crippen LogP contribution >= 0.6 is 11.3 Å². The predicted molar refractivity (Wildman–Crippen MR) is 165 cm³/mol. The fourth-order valence-electron chi connectivity index (χ4n) is 5.65. The monoisotopic (exact) mass is 602 g/mol. The SMILES string of the molecule is CC(C)C[C@@H](CO)NC(=O)c1c(-c2ccsc2)nc2c(C(=O)NCC3CCN(c4ccc(F)cc4C#N)CC3)cccn12. The van der Waals surface area contributed by atoms with Gasteiger partial charge >= 0.3 is 0 Å². The number of halogens is 1. The molecule has 0 saturated carbocycles. The molecule has 1 atom stereocenters. The number of piperidine rings is 1. The average Bonchev–Trinajstić information content (AvgIpc) is 3.68. The first-order chi connectivity index (χ1) is 20.8. The lowest BCUT2D eigenvalue weighted by molar-refractivity contribution is 0.0901. The van der Waals surface area contributed by atoms with Gasteiger partial charge in [0.15, 0.2) is 5.65 Å². The molecular formula is C32H35FN6O3S. The van der Waals surface area contributed by atoms with Crippen LogP contribution in [0.3, 0.4) is 0 Å². The first kappa shape index (κ1) is 30.2. The number of pyridine rings is 1. The van der Waals surface area contributed by atoms with Crippen LogP contribution in [0.1, 0.15) is 59.5 Å². The Morgan fingerprint density at radius 3 is 2.67 bits per heavy atom. The molecule has 11 heteroatoms. The Hall–Kier alpha value is -4.27. The van der Waals surface area contributed by atoms with Crippen LogP contribution in [0.2, 0.25) is 0 Å². The third kappa shape index (κ3) is 6.71. The Bertz CT molecular complexity index is 1640. The number of hydrogen-bond acceptors (Lipinski definition) is 7. The van der Waals surface area contributed by atoms with E-state index in [2.05, 4.69) is 21.6 Å². The van der Waals surface area contributed by atoms with E-state index in [1.807, 2.05) is 30.7 Å². The van der Waals surface area contributed by atoms with Crippen molar-refractivity contribution in [1.29, 1.82) is 5.26 Å². The molecule has 3 aromatic heterocycles. The maximum atomic E-state index is 13.6. The second-order valence-electron chi connectivity index (χ2n) is 11.3. The minimum atomic E-state index is -0.430. The van der Waals surface area contributed by atoms with E-state index >= 15 is 0 Å². The average molecular weight is 603 g/mol. The van der Waals surface area contributed by atoms with E-state index < -0.39 is 11.9 Å². The zero-order chi connectivity index (χ0) is 30.5. The van der Waals surface area contributed by atoms with Gasteiger partial charge < -0.3 is 20.6 Å². The number of aliphatic hydroxyl groups is 1. The van der Waals surface area contributed by atoms with Gasteiger partial charge in [0.1, 0.15) is 23.3 Å². The first-order valence-electron chi connectivity index (χ1n) is 14.5. The van der Waals surface area contributed by atoms with Crippen molar-refractivity contribution in [1.82, 2.24) is 20.0 Å². The number of hydrogen-bond donors (Lipinski definition) is 3. The van der Waals surface area contributed by atoms with Crippen LogP contribution in [-0.4, -0.2) is 58.6 Å². The molecule has 224 valence electrons. The molecule has 1 saturated heterocycles. The van der Waals surface area contributed by atoms with Crippen LogP contribution in [0.4, 0.5) is 10.1 Å². The normalized spacial score (nSPS) is 14.6. The summed E-state index contributed by atoms with van der Waals surface area (Å²) in [5, 5.41) is 29.1. The van der Waals surface area contributed by atoms with E-state index in [-0.39, 0.29) is 30.3 Å². The Kier molecular flexibility index (Phi) is 9.38. The molecule has 4 heterocycles. The van der Waals surface area contributed by atoms with Crippen LogP contribution < -0.4 is 15.5 Å². The van der Waals surface area contributed by atoms with Crippen molar-refractivity contribution in [3.8, 4) is 17.3 Å². The van der Waals surface area contributed by atoms with E-state index in [1.165, 1.54) is 23.5 Å². The smallest absolute Gasteiger partial charge is 0.270 e. The van der Waals surface area contributed by atoms with Crippen LogP contribution in [0.25, 0.3) is 16.9 Å². The van der Waals surface area contributed by atoms with E-state index in [9.17, 15) is 24.3 Å². The molecule has 0 spiro atoms. The number of carbonyl (C=O) groups is 2. The maximum absolute atomic E-state index is 13.6. The summed E-state index contributed by atoms with van der Waals surface area (Å²) in [5.74, 6) is -0.541. The van der Waals surface area contributed by atoms with Gasteiger partial charge in [-0.2, -0.15) is 16.6 Å². The highest BCUT2D eigenvalue weighted by Gasteiger charge is 2.27. The molecule has 5 rings (SSSR count). The molecule has 0 aliphatic carbocycles. The van der Waals surface area contributed by atoms with E-state index in [1.54, 1.807) is 28.8 Å². The molecule has 2 amide bonds. The van der Waals surface area contributed by atoms with E-state index in [0.717, 1.165) is 24.1 Å². The van der Waals surface area contributed by atoms with Crippen molar-refractivity contribution in [2.75, 3.05) is 31.1 Å². The van der Waals surface area contributed by atoms with Crippen molar-refractivity contribution < 1.29 is 19.1 Å². The van der Waals surface area contributed by atoms with Crippen LogP contribution in [-0.2, 0) is 0 Å². The van der Waals surface area contributed by atoms with Gasteiger partial charge in [0.2, 0.25) is 0 Å². The first-order valence-corrected chi connectivity index (χ1v) is 15.4. The Morgan fingerprint density at radius 2 is 2.00 bits per heavy atom. The number of carbonyl (C=O) groups excluding carboxylic acids is 2. The molecule has 1 aliphatic rings. The number of aliphatic hydroxyl groups excluding tert-OH is 1. The molecule has 0 radical (unpaired) electrons. The quantitative estimate of drug-likeness (QED) is 0.238. The topological polar surface area (TPSA) is 123 Å². The molecule has 4 aromatic rings. The molecule has 1 aromatic carbocycles. The minimum absolute atomic E-state index is 0.176. The van der Waals surface area contributed by atoms with Crippen molar-refractivity contribution in [2.24, 2.45) is 11.8 Å². The highest BCUT2D eigenvalue weighted by Crippen LogP contribution is 2.29. The molecule has 1 fully saturated rings. The minimum Gasteiger partial charge on any atom is -0.394 e. The second-order valence-corrected chi connectivity index (χ2v) is 12.1.